The molecule has 0 unspecified atom stereocenters. The molecule has 2 heterocycles. The number of hydrogen-bond donors (Lipinski definition) is 3. The smallest absolute Gasteiger partial charge is 0.212 e. The Morgan fingerprint density at radius 2 is 2.00 bits per heavy atom. The molecule has 0 atom stereocenters. The Labute approximate surface area is 111 Å². The molecular formula is C12H16N6O. The van der Waals surface area contributed by atoms with Crippen molar-refractivity contribution in [1.29, 1.82) is 0 Å². The summed E-state index contributed by atoms with van der Waals surface area (Å²) in [5.41, 5.74) is 4.42. The van der Waals surface area contributed by atoms with Gasteiger partial charge >= 0.3 is 0 Å². The SMILES string of the molecule is COc1ccc(CNc2ncnc(NN)c2C)cn1. The van der Waals surface area contributed by atoms with Crippen LogP contribution in [0.1, 0.15) is 11.1 Å². The zero-order chi connectivity index (χ0) is 13.7. The highest BCUT2D eigenvalue weighted by molar-refractivity contribution is 5.55. The molecule has 2 rings (SSSR count). The summed E-state index contributed by atoms with van der Waals surface area (Å²) in [5.74, 6) is 7.30. The number of rotatable bonds is 5. The highest BCUT2D eigenvalue weighted by atomic mass is 16.5. The highest BCUT2D eigenvalue weighted by Gasteiger charge is 2.05. The summed E-state index contributed by atoms with van der Waals surface area (Å²) in [5, 5.41) is 3.21. The van der Waals surface area contributed by atoms with Crippen LogP contribution in [0.15, 0.2) is 24.7 Å². The van der Waals surface area contributed by atoms with Crippen LogP contribution in [-0.2, 0) is 6.54 Å². The number of pyridine rings is 1. The Hall–Kier alpha value is -2.41. The van der Waals surface area contributed by atoms with Crippen molar-refractivity contribution in [3.8, 4) is 5.88 Å². The summed E-state index contributed by atoms with van der Waals surface area (Å²) in [4.78, 5) is 12.3. The predicted molar refractivity (Wildman–Crippen MR) is 72.7 cm³/mol. The van der Waals surface area contributed by atoms with E-state index in [1.165, 1.54) is 6.33 Å². The van der Waals surface area contributed by atoms with Gasteiger partial charge in [-0.25, -0.2) is 20.8 Å². The molecule has 0 aliphatic rings. The van der Waals surface area contributed by atoms with E-state index in [0.717, 1.165) is 16.9 Å². The van der Waals surface area contributed by atoms with E-state index in [4.69, 9.17) is 10.6 Å². The van der Waals surface area contributed by atoms with E-state index < -0.39 is 0 Å². The largest absolute Gasteiger partial charge is 0.481 e. The van der Waals surface area contributed by atoms with Gasteiger partial charge in [0.05, 0.1) is 7.11 Å². The maximum atomic E-state index is 5.37. The van der Waals surface area contributed by atoms with E-state index in [-0.39, 0.29) is 0 Å². The number of hydrogen-bond acceptors (Lipinski definition) is 7. The fourth-order valence-corrected chi connectivity index (χ4v) is 1.60. The van der Waals surface area contributed by atoms with Crippen LogP contribution in [-0.4, -0.2) is 22.1 Å². The summed E-state index contributed by atoms with van der Waals surface area (Å²) < 4.78 is 5.01. The molecule has 0 spiro atoms. The topological polar surface area (TPSA) is 98.0 Å². The number of ether oxygens (including phenoxy) is 1. The van der Waals surface area contributed by atoms with Gasteiger partial charge in [-0.15, -0.1) is 0 Å². The molecule has 0 saturated heterocycles. The first-order valence-electron chi connectivity index (χ1n) is 5.75. The first-order chi connectivity index (χ1) is 9.24. The van der Waals surface area contributed by atoms with Crippen molar-refractivity contribution in [1.82, 2.24) is 15.0 Å². The maximum Gasteiger partial charge on any atom is 0.212 e. The number of nitrogen functional groups attached to an aromatic ring is 1. The monoisotopic (exact) mass is 260 g/mol. The molecule has 0 amide bonds. The second-order valence-electron chi connectivity index (χ2n) is 3.90. The standard InChI is InChI=1S/C12H16N6O/c1-8-11(16-7-17-12(8)18-13)15-6-9-3-4-10(19-2)14-5-9/h3-5,7H,6,13H2,1-2H3,(H2,15,16,17,18). The van der Waals surface area contributed by atoms with Crippen LogP contribution < -0.4 is 21.3 Å². The number of nitrogens with zero attached hydrogens (tertiary/aromatic N) is 3. The molecule has 0 aliphatic carbocycles. The Kier molecular flexibility index (Phi) is 4.09. The number of nitrogens with two attached hydrogens (primary N) is 1. The summed E-state index contributed by atoms with van der Waals surface area (Å²) in [6.45, 7) is 2.50. The van der Waals surface area contributed by atoms with Crippen molar-refractivity contribution < 1.29 is 4.74 Å². The summed E-state index contributed by atoms with van der Waals surface area (Å²) in [6, 6.07) is 3.76. The maximum absolute atomic E-state index is 5.37. The molecule has 4 N–H and O–H groups in total. The van der Waals surface area contributed by atoms with Crippen molar-refractivity contribution in [2.75, 3.05) is 17.9 Å². The quantitative estimate of drug-likeness (QED) is 0.546. The highest BCUT2D eigenvalue weighted by Crippen LogP contribution is 2.17. The number of aromatic nitrogens is 3. The lowest BCUT2D eigenvalue weighted by Crippen LogP contribution is -2.12. The van der Waals surface area contributed by atoms with Gasteiger partial charge in [0.15, 0.2) is 0 Å². The van der Waals surface area contributed by atoms with E-state index in [0.29, 0.717) is 18.2 Å². The van der Waals surface area contributed by atoms with Crippen molar-refractivity contribution in [2.24, 2.45) is 5.84 Å². The Morgan fingerprint density at radius 3 is 2.63 bits per heavy atom. The molecule has 0 radical (unpaired) electrons. The van der Waals surface area contributed by atoms with Crippen LogP contribution in [0, 0.1) is 6.92 Å². The Morgan fingerprint density at radius 1 is 1.21 bits per heavy atom. The van der Waals surface area contributed by atoms with Crippen LogP contribution in [0.5, 0.6) is 5.88 Å². The van der Waals surface area contributed by atoms with Crippen LogP contribution in [0.25, 0.3) is 0 Å². The number of methoxy groups -OCH3 is 1. The van der Waals surface area contributed by atoms with E-state index in [9.17, 15) is 0 Å². The lowest BCUT2D eigenvalue weighted by Gasteiger charge is -2.10. The van der Waals surface area contributed by atoms with Gasteiger partial charge in [-0.05, 0) is 12.5 Å². The lowest BCUT2D eigenvalue weighted by molar-refractivity contribution is 0.397. The zero-order valence-corrected chi connectivity index (χ0v) is 10.8. The molecule has 0 bridgehead atoms. The van der Waals surface area contributed by atoms with Gasteiger partial charge in [0, 0.05) is 24.4 Å². The van der Waals surface area contributed by atoms with Gasteiger partial charge in [0.25, 0.3) is 0 Å². The van der Waals surface area contributed by atoms with Gasteiger partial charge in [0.1, 0.15) is 18.0 Å². The third kappa shape index (κ3) is 3.08. The summed E-state index contributed by atoms with van der Waals surface area (Å²) >= 11 is 0. The molecule has 0 fully saturated rings. The second-order valence-corrected chi connectivity index (χ2v) is 3.90. The lowest BCUT2D eigenvalue weighted by atomic mass is 10.2. The van der Waals surface area contributed by atoms with Crippen molar-refractivity contribution in [2.45, 2.75) is 13.5 Å². The van der Waals surface area contributed by atoms with Gasteiger partial charge in [-0.3, -0.25) is 0 Å². The zero-order valence-electron chi connectivity index (χ0n) is 10.8. The number of nitrogens with one attached hydrogen (secondary N) is 2. The third-order valence-electron chi connectivity index (χ3n) is 2.69. The molecular weight excluding hydrogens is 244 g/mol. The van der Waals surface area contributed by atoms with Crippen LogP contribution in [0.3, 0.4) is 0 Å². The van der Waals surface area contributed by atoms with Crippen molar-refractivity contribution >= 4 is 11.6 Å². The summed E-state index contributed by atoms with van der Waals surface area (Å²) in [7, 11) is 1.59. The van der Waals surface area contributed by atoms with Crippen molar-refractivity contribution in [3.63, 3.8) is 0 Å². The molecule has 2 aromatic rings. The predicted octanol–water partition coefficient (Wildman–Crippen LogP) is 1.09. The number of anilines is 2. The van der Waals surface area contributed by atoms with E-state index >= 15 is 0 Å². The van der Waals surface area contributed by atoms with E-state index in [2.05, 4.69) is 25.7 Å². The minimum absolute atomic E-state index is 0.594. The first kappa shape index (κ1) is 13.0. The van der Waals surface area contributed by atoms with Gasteiger partial charge in [0.2, 0.25) is 5.88 Å². The van der Waals surface area contributed by atoms with Crippen molar-refractivity contribution in [3.05, 3.63) is 35.8 Å². The third-order valence-corrected chi connectivity index (χ3v) is 2.69. The molecule has 0 saturated carbocycles. The Bertz CT molecular complexity index is 542. The normalized spacial score (nSPS) is 10.1. The van der Waals surface area contributed by atoms with Crippen LogP contribution >= 0.6 is 0 Å². The van der Waals surface area contributed by atoms with Crippen LogP contribution in [0.4, 0.5) is 11.6 Å². The molecule has 100 valence electrons. The number of hydrazine groups is 1. The van der Waals surface area contributed by atoms with E-state index in [1.54, 1.807) is 13.3 Å². The average Bonchev–Trinajstić information content (AvgIpc) is 2.47. The average molecular weight is 260 g/mol. The van der Waals surface area contributed by atoms with Gasteiger partial charge in [-0.2, -0.15) is 0 Å². The fourth-order valence-electron chi connectivity index (χ4n) is 1.60. The molecule has 19 heavy (non-hydrogen) atoms. The van der Waals surface area contributed by atoms with Gasteiger partial charge in [-0.1, -0.05) is 6.07 Å². The first-order valence-corrected chi connectivity index (χ1v) is 5.75. The summed E-state index contributed by atoms with van der Waals surface area (Å²) in [6.07, 6.45) is 3.21. The minimum Gasteiger partial charge on any atom is -0.481 e. The molecule has 7 heteroatoms. The fraction of sp³-hybridized carbons (Fsp3) is 0.250. The van der Waals surface area contributed by atoms with E-state index in [1.807, 2.05) is 19.1 Å². The molecule has 2 aromatic heterocycles. The minimum atomic E-state index is 0.594. The van der Waals surface area contributed by atoms with Crippen LogP contribution in [0.2, 0.25) is 0 Å². The van der Waals surface area contributed by atoms with Gasteiger partial charge < -0.3 is 15.5 Å². The molecule has 7 nitrogen and oxygen atoms in total. The Balaban J connectivity index is 2.05. The molecule has 0 aromatic carbocycles. The molecule has 0 aliphatic heterocycles. The second kappa shape index (κ2) is 5.96.